The number of carbonyl (C=O) groups excluding carboxylic acids is 1. The van der Waals surface area contributed by atoms with Gasteiger partial charge in [-0.2, -0.15) is 0 Å². The topological polar surface area (TPSA) is 38.3 Å². The molecule has 0 aromatic heterocycles. The molecule has 0 aliphatic heterocycles. The van der Waals surface area contributed by atoms with E-state index in [1.54, 1.807) is 30.3 Å². The Morgan fingerprint density at radius 3 is 2.73 bits per heavy atom. The molecule has 116 valence electrons. The Morgan fingerprint density at radius 1 is 1.27 bits per heavy atom. The van der Waals surface area contributed by atoms with Gasteiger partial charge < -0.3 is 10.1 Å². The molecule has 22 heavy (non-hydrogen) atoms. The lowest BCUT2D eigenvalue weighted by Gasteiger charge is -2.11. The Morgan fingerprint density at radius 2 is 2.00 bits per heavy atom. The smallest absolute Gasteiger partial charge is 0.255 e. The number of anilines is 1. The lowest BCUT2D eigenvalue weighted by atomic mass is 10.2. The highest BCUT2D eigenvalue weighted by molar-refractivity contribution is 6.31. The lowest BCUT2D eigenvalue weighted by Crippen LogP contribution is -2.13. The summed E-state index contributed by atoms with van der Waals surface area (Å²) < 4.78 is 19.4. The maximum Gasteiger partial charge on any atom is 0.255 e. The van der Waals surface area contributed by atoms with Crippen LogP contribution in [0.3, 0.4) is 0 Å². The van der Waals surface area contributed by atoms with Crippen molar-refractivity contribution in [2.45, 2.75) is 13.8 Å². The molecular formula is C17H17ClFNO2. The van der Waals surface area contributed by atoms with E-state index in [0.29, 0.717) is 23.8 Å². The zero-order valence-corrected chi connectivity index (χ0v) is 13.2. The summed E-state index contributed by atoms with van der Waals surface area (Å²) in [7, 11) is 0. The molecule has 0 unspecified atom stereocenters. The van der Waals surface area contributed by atoms with Gasteiger partial charge in [0, 0.05) is 5.56 Å². The summed E-state index contributed by atoms with van der Waals surface area (Å²) in [6.07, 6.45) is 0. The van der Waals surface area contributed by atoms with Crippen LogP contribution in [0, 0.1) is 11.7 Å². The molecule has 1 amide bonds. The summed E-state index contributed by atoms with van der Waals surface area (Å²) in [4.78, 5) is 12.2. The predicted octanol–water partition coefficient (Wildman–Crippen LogP) is 4.77. The molecule has 0 aliphatic rings. The number of benzene rings is 2. The van der Waals surface area contributed by atoms with Gasteiger partial charge in [0.1, 0.15) is 5.75 Å². The van der Waals surface area contributed by atoms with E-state index in [0.717, 1.165) is 0 Å². The molecule has 5 heteroatoms. The van der Waals surface area contributed by atoms with Crippen molar-refractivity contribution in [3.05, 3.63) is 58.9 Å². The predicted molar refractivity (Wildman–Crippen MR) is 86.1 cm³/mol. The minimum atomic E-state index is -0.648. The first-order valence-corrected chi connectivity index (χ1v) is 7.33. The van der Waals surface area contributed by atoms with Gasteiger partial charge in [0.2, 0.25) is 0 Å². The van der Waals surface area contributed by atoms with Crippen LogP contribution in [-0.4, -0.2) is 12.5 Å². The summed E-state index contributed by atoms with van der Waals surface area (Å²) >= 11 is 5.69. The molecule has 2 aromatic rings. The van der Waals surface area contributed by atoms with Crippen LogP contribution in [0.1, 0.15) is 24.2 Å². The van der Waals surface area contributed by atoms with E-state index in [1.807, 2.05) is 13.8 Å². The molecule has 0 saturated heterocycles. The fraction of sp³-hybridized carbons (Fsp3) is 0.235. The maximum absolute atomic E-state index is 13.8. The summed E-state index contributed by atoms with van der Waals surface area (Å²) in [5.74, 6) is -0.0770. The second-order valence-corrected chi connectivity index (χ2v) is 5.70. The number of halogens is 2. The SMILES string of the molecule is CC(C)COc1cccc(C(=O)Nc2cccc(Cl)c2F)c1. The highest BCUT2D eigenvalue weighted by Gasteiger charge is 2.12. The minimum absolute atomic E-state index is 0.0354. The normalized spacial score (nSPS) is 10.6. The lowest BCUT2D eigenvalue weighted by molar-refractivity contribution is 0.102. The van der Waals surface area contributed by atoms with Gasteiger partial charge in [0.25, 0.3) is 5.91 Å². The number of nitrogens with one attached hydrogen (secondary N) is 1. The Bertz CT molecular complexity index is 673. The molecule has 0 fully saturated rings. The van der Waals surface area contributed by atoms with E-state index in [1.165, 1.54) is 12.1 Å². The van der Waals surface area contributed by atoms with Crippen molar-refractivity contribution >= 4 is 23.2 Å². The molecule has 2 aromatic carbocycles. The molecule has 0 spiro atoms. The van der Waals surface area contributed by atoms with Gasteiger partial charge in [-0.1, -0.05) is 37.6 Å². The molecular weight excluding hydrogens is 305 g/mol. The molecule has 0 radical (unpaired) electrons. The molecule has 0 aliphatic carbocycles. The van der Waals surface area contributed by atoms with Crippen molar-refractivity contribution in [2.24, 2.45) is 5.92 Å². The van der Waals surface area contributed by atoms with E-state index >= 15 is 0 Å². The van der Waals surface area contributed by atoms with E-state index in [-0.39, 0.29) is 10.7 Å². The molecule has 2 rings (SSSR count). The van der Waals surface area contributed by atoms with Crippen LogP contribution in [0.4, 0.5) is 10.1 Å². The fourth-order valence-electron chi connectivity index (χ4n) is 1.78. The fourth-order valence-corrected chi connectivity index (χ4v) is 1.96. The van der Waals surface area contributed by atoms with Gasteiger partial charge in [0.15, 0.2) is 5.82 Å². The third-order valence-corrected chi connectivity index (χ3v) is 3.17. The van der Waals surface area contributed by atoms with Crippen LogP contribution in [-0.2, 0) is 0 Å². The van der Waals surface area contributed by atoms with E-state index in [2.05, 4.69) is 5.32 Å². The molecule has 0 saturated carbocycles. The first kappa shape index (κ1) is 16.3. The molecule has 1 N–H and O–H groups in total. The summed E-state index contributed by atoms with van der Waals surface area (Å²) in [5, 5.41) is 2.47. The number of hydrogen-bond acceptors (Lipinski definition) is 2. The number of ether oxygens (including phenoxy) is 1. The van der Waals surface area contributed by atoms with Crippen molar-refractivity contribution in [2.75, 3.05) is 11.9 Å². The van der Waals surface area contributed by atoms with Gasteiger partial charge in [-0.15, -0.1) is 0 Å². The van der Waals surface area contributed by atoms with Gasteiger partial charge in [-0.3, -0.25) is 4.79 Å². The van der Waals surface area contributed by atoms with Gasteiger partial charge in [0.05, 0.1) is 17.3 Å². The molecule has 3 nitrogen and oxygen atoms in total. The Kier molecular flexibility index (Phi) is 5.39. The minimum Gasteiger partial charge on any atom is -0.493 e. The molecule has 0 atom stereocenters. The largest absolute Gasteiger partial charge is 0.493 e. The van der Waals surface area contributed by atoms with E-state index in [9.17, 15) is 9.18 Å². The van der Waals surface area contributed by atoms with Crippen LogP contribution >= 0.6 is 11.6 Å². The van der Waals surface area contributed by atoms with Crippen molar-refractivity contribution in [1.82, 2.24) is 0 Å². The highest BCUT2D eigenvalue weighted by atomic mass is 35.5. The Balaban J connectivity index is 2.12. The first-order chi connectivity index (χ1) is 10.5. The maximum atomic E-state index is 13.8. The van der Waals surface area contributed by atoms with Crippen LogP contribution in [0.2, 0.25) is 5.02 Å². The van der Waals surface area contributed by atoms with Gasteiger partial charge in [-0.05, 0) is 36.2 Å². The number of hydrogen-bond donors (Lipinski definition) is 1. The van der Waals surface area contributed by atoms with Crippen LogP contribution in [0.25, 0.3) is 0 Å². The van der Waals surface area contributed by atoms with Crippen LogP contribution in [0.5, 0.6) is 5.75 Å². The van der Waals surface area contributed by atoms with Crippen LogP contribution < -0.4 is 10.1 Å². The van der Waals surface area contributed by atoms with Crippen LogP contribution in [0.15, 0.2) is 42.5 Å². The van der Waals surface area contributed by atoms with E-state index in [4.69, 9.17) is 16.3 Å². The third kappa shape index (κ3) is 4.21. The van der Waals surface area contributed by atoms with Crippen molar-refractivity contribution < 1.29 is 13.9 Å². The summed E-state index contributed by atoms with van der Waals surface area (Å²) in [6.45, 7) is 4.64. The van der Waals surface area contributed by atoms with Crippen molar-refractivity contribution in [3.8, 4) is 5.75 Å². The monoisotopic (exact) mass is 321 g/mol. The van der Waals surface area contributed by atoms with Crippen molar-refractivity contribution in [3.63, 3.8) is 0 Å². The third-order valence-electron chi connectivity index (χ3n) is 2.88. The second kappa shape index (κ2) is 7.27. The standard InChI is InChI=1S/C17H17ClFNO2/c1-11(2)10-22-13-6-3-5-12(9-13)17(21)20-15-8-4-7-14(18)16(15)19/h3-9,11H,10H2,1-2H3,(H,20,21). The van der Waals surface area contributed by atoms with Crippen molar-refractivity contribution in [1.29, 1.82) is 0 Å². The zero-order chi connectivity index (χ0) is 16.1. The average molecular weight is 322 g/mol. The highest BCUT2D eigenvalue weighted by Crippen LogP contribution is 2.23. The summed E-state index contributed by atoms with van der Waals surface area (Å²) in [6, 6.07) is 11.2. The molecule has 0 bridgehead atoms. The molecule has 0 heterocycles. The average Bonchev–Trinajstić information content (AvgIpc) is 2.50. The Labute approximate surface area is 134 Å². The summed E-state index contributed by atoms with van der Waals surface area (Å²) in [5.41, 5.74) is 0.437. The number of rotatable bonds is 5. The van der Waals surface area contributed by atoms with E-state index < -0.39 is 11.7 Å². The second-order valence-electron chi connectivity index (χ2n) is 5.29. The van der Waals surface area contributed by atoms with Gasteiger partial charge >= 0.3 is 0 Å². The number of amides is 1. The zero-order valence-electron chi connectivity index (χ0n) is 12.4. The number of carbonyl (C=O) groups is 1. The van der Waals surface area contributed by atoms with Gasteiger partial charge in [-0.25, -0.2) is 4.39 Å². The Hall–Kier alpha value is -2.07. The quantitative estimate of drug-likeness (QED) is 0.861. The first-order valence-electron chi connectivity index (χ1n) is 6.95.